The molecule has 0 bridgehead atoms. The zero-order valence-corrected chi connectivity index (χ0v) is 20.7. The van der Waals surface area contributed by atoms with E-state index in [0.717, 1.165) is 30.4 Å². The third kappa shape index (κ3) is 5.83. The fourth-order valence-electron chi connectivity index (χ4n) is 5.07. The van der Waals surface area contributed by atoms with E-state index in [4.69, 9.17) is 9.47 Å². The van der Waals surface area contributed by atoms with Crippen LogP contribution in [0.15, 0.2) is 48.5 Å². The van der Waals surface area contributed by atoms with Gasteiger partial charge in [0.1, 0.15) is 12.1 Å². The van der Waals surface area contributed by atoms with Crippen molar-refractivity contribution in [1.82, 2.24) is 4.90 Å². The van der Waals surface area contributed by atoms with Gasteiger partial charge in [0, 0.05) is 5.92 Å². The van der Waals surface area contributed by atoms with E-state index in [1.165, 1.54) is 12.7 Å². The molecule has 33 heavy (non-hydrogen) atoms. The Bertz CT molecular complexity index is 956. The maximum Gasteiger partial charge on any atom is 0.337 e. The van der Waals surface area contributed by atoms with Crippen LogP contribution in [0.5, 0.6) is 0 Å². The molecule has 5 atom stereocenters. The smallest absolute Gasteiger partial charge is 0.337 e. The standard InChI is InChI=1S/C28H37NO4/c1-18-12-15-23(20(3)21-10-8-7-9-11-21)25(16-18)33-28(31)26(29(4)5)24-17-22(27(30)32-6)14-13-19(24)2/h7-11,13-14,17-18,20,23,25-26H,12,15-16H2,1-6H3/t18-,20-,23+,25-,26+/m1/s1. The first-order chi connectivity index (χ1) is 15.7. The van der Waals surface area contributed by atoms with Gasteiger partial charge in [0.2, 0.25) is 0 Å². The van der Waals surface area contributed by atoms with Gasteiger partial charge in [-0.2, -0.15) is 0 Å². The van der Waals surface area contributed by atoms with Crippen LogP contribution in [0.25, 0.3) is 0 Å². The molecule has 3 rings (SSSR count). The van der Waals surface area contributed by atoms with Crippen molar-refractivity contribution < 1.29 is 19.1 Å². The maximum absolute atomic E-state index is 13.6. The number of rotatable bonds is 7. The average molecular weight is 452 g/mol. The molecule has 0 N–H and O–H groups in total. The predicted octanol–water partition coefficient (Wildman–Crippen LogP) is 5.54. The van der Waals surface area contributed by atoms with Crippen molar-refractivity contribution in [2.75, 3.05) is 21.2 Å². The Morgan fingerprint density at radius 3 is 2.39 bits per heavy atom. The van der Waals surface area contributed by atoms with Gasteiger partial charge in [0.25, 0.3) is 0 Å². The highest BCUT2D eigenvalue weighted by Gasteiger charge is 2.38. The molecule has 1 fully saturated rings. The van der Waals surface area contributed by atoms with Crippen molar-refractivity contribution in [2.45, 2.75) is 58.1 Å². The molecule has 0 aromatic heterocycles. The predicted molar refractivity (Wildman–Crippen MR) is 130 cm³/mol. The minimum absolute atomic E-state index is 0.136. The van der Waals surface area contributed by atoms with Crippen molar-refractivity contribution in [3.05, 3.63) is 70.8 Å². The van der Waals surface area contributed by atoms with Gasteiger partial charge < -0.3 is 9.47 Å². The first-order valence-electron chi connectivity index (χ1n) is 11.8. The van der Waals surface area contributed by atoms with E-state index in [1.54, 1.807) is 12.1 Å². The highest BCUT2D eigenvalue weighted by molar-refractivity contribution is 5.90. The summed E-state index contributed by atoms with van der Waals surface area (Å²) in [7, 11) is 5.09. The average Bonchev–Trinajstić information content (AvgIpc) is 2.80. The maximum atomic E-state index is 13.6. The molecule has 2 aromatic carbocycles. The van der Waals surface area contributed by atoms with E-state index < -0.39 is 12.0 Å². The van der Waals surface area contributed by atoms with E-state index >= 15 is 0 Å². The Balaban J connectivity index is 1.87. The van der Waals surface area contributed by atoms with Crippen LogP contribution in [0.3, 0.4) is 0 Å². The normalized spacial score (nSPS) is 22.5. The first kappa shape index (κ1) is 25.0. The number of aryl methyl sites for hydroxylation is 1. The fourth-order valence-corrected chi connectivity index (χ4v) is 5.07. The topological polar surface area (TPSA) is 55.8 Å². The lowest BCUT2D eigenvalue weighted by atomic mass is 9.73. The van der Waals surface area contributed by atoms with Gasteiger partial charge in [-0.1, -0.05) is 56.7 Å². The van der Waals surface area contributed by atoms with Crippen LogP contribution in [0.1, 0.15) is 72.1 Å². The van der Waals surface area contributed by atoms with Crippen LogP contribution in [-0.4, -0.2) is 44.1 Å². The number of carbonyl (C=O) groups excluding carboxylic acids is 2. The highest BCUT2D eigenvalue weighted by atomic mass is 16.5. The largest absolute Gasteiger partial charge is 0.465 e. The van der Waals surface area contributed by atoms with Crippen LogP contribution >= 0.6 is 0 Å². The number of likely N-dealkylation sites (N-methyl/N-ethyl adjacent to an activating group) is 1. The molecule has 5 heteroatoms. The van der Waals surface area contributed by atoms with Gasteiger partial charge in [-0.25, -0.2) is 9.59 Å². The van der Waals surface area contributed by atoms with Gasteiger partial charge in [-0.05, 0) is 74.5 Å². The molecule has 0 spiro atoms. The summed E-state index contributed by atoms with van der Waals surface area (Å²) < 4.78 is 11.2. The van der Waals surface area contributed by atoms with Crippen LogP contribution in [0.4, 0.5) is 0 Å². The second-order valence-corrected chi connectivity index (χ2v) is 9.69. The number of methoxy groups -OCH3 is 1. The van der Waals surface area contributed by atoms with Gasteiger partial charge in [-0.3, -0.25) is 4.90 Å². The molecule has 0 unspecified atom stereocenters. The lowest BCUT2D eigenvalue weighted by molar-refractivity contribution is -0.161. The van der Waals surface area contributed by atoms with Crippen molar-refractivity contribution in [3.63, 3.8) is 0 Å². The lowest BCUT2D eigenvalue weighted by Gasteiger charge is -2.39. The summed E-state index contributed by atoms with van der Waals surface area (Å²) in [6.07, 6.45) is 2.92. The van der Waals surface area contributed by atoms with Gasteiger partial charge in [0.05, 0.1) is 12.7 Å². The Morgan fingerprint density at radius 1 is 1.06 bits per heavy atom. The summed E-state index contributed by atoms with van der Waals surface area (Å²) in [4.78, 5) is 27.5. The van der Waals surface area contributed by atoms with Gasteiger partial charge in [-0.15, -0.1) is 0 Å². The van der Waals surface area contributed by atoms with Crippen molar-refractivity contribution >= 4 is 11.9 Å². The minimum atomic E-state index is -0.598. The van der Waals surface area contributed by atoms with Crippen LogP contribution in [-0.2, 0) is 14.3 Å². The molecule has 2 aromatic rings. The van der Waals surface area contributed by atoms with Gasteiger partial charge in [0.15, 0.2) is 0 Å². The molecule has 0 saturated heterocycles. The highest BCUT2D eigenvalue weighted by Crippen LogP contribution is 2.40. The molecule has 1 saturated carbocycles. The van der Waals surface area contributed by atoms with E-state index in [9.17, 15) is 9.59 Å². The van der Waals surface area contributed by atoms with E-state index in [1.807, 2.05) is 38.1 Å². The van der Waals surface area contributed by atoms with Crippen molar-refractivity contribution in [1.29, 1.82) is 0 Å². The second kappa shape index (κ2) is 11.0. The molecule has 1 aliphatic carbocycles. The van der Waals surface area contributed by atoms with Gasteiger partial charge >= 0.3 is 11.9 Å². The molecular weight excluding hydrogens is 414 g/mol. The number of esters is 2. The monoisotopic (exact) mass is 451 g/mol. The number of nitrogens with zero attached hydrogens (tertiary/aromatic N) is 1. The zero-order chi connectivity index (χ0) is 24.1. The molecule has 178 valence electrons. The zero-order valence-electron chi connectivity index (χ0n) is 20.7. The summed E-state index contributed by atoms with van der Waals surface area (Å²) in [6.45, 7) is 6.42. The molecule has 0 heterocycles. The second-order valence-electron chi connectivity index (χ2n) is 9.69. The molecule has 5 nitrogen and oxygen atoms in total. The Hall–Kier alpha value is -2.66. The SMILES string of the molecule is COC(=O)c1ccc(C)c([C@@H](C(=O)O[C@@H]2C[C@H](C)CC[C@H]2[C@H](C)c2ccccc2)N(C)C)c1. The molecule has 0 aliphatic heterocycles. The Labute approximate surface area is 198 Å². The summed E-state index contributed by atoms with van der Waals surface area (Å²) in [5, 5.41) is 0. The number of hydrogen-bond acceptors (Lipinski definition) is 5. The third-order valence-corrected chi connectivity index (χ3v) is 7.07. The van der Waals surface area contributed by atoms with E-state index in [2.05, 4.69) is 38.1 Å². The number of carbonyl (C=O) groups is 2. The van der Waals surface area contributed by atoms with Crippen LogP contribution in [0.2, 0.25) is 0 Å². The quantitative estimate of drug-likeness (QED) is 0.518. The first-order valence-corrected chi connectivity index (χ1v) is 11.8. The summed E-state index contributed by atoms with van der Waals surface area (Å²) in [6, 6.07) is 15.2. The molecule has 1 aliphatic rings. The molecular formula is C28H37NO4. The van der Waals surface area contributed by atoms with Crippen LogP contribution in [0, 0.1) is 18.8 Å². The van der Waals surface area contributed by atoms with Crippen LogP contribution < -0.4 is 0 Å². The number of ether oxygens (including phenoxy) is 2. The summed E-state index contributed by atoms with van der Waals surface area (Å²) in [5.74, 6) is 0.412. The summed E-state index contributed by atoms with van der Waals surface area (Å²) >= 11 is 0. The molecule has 0 amide bonds. The third-order valence-electron chi connectivity index (χ3n) is 7.07. The van der Waals surface area contributed by atoms with E-state index in [-0.39, 0.29) is 18.0 Å². The van der Waals surface area contributed by atoms with Crippen molar-refractivity contribution in [2.24, 2.45) is 11.8 Å². The Kier molecular flexibility index (Phi) is 8.30. The molecule has 0 radical (unpaired) electrons. The minimum Gasteiger partial charge on any atom is -0.465 e. The Morgan fingerprint density at radius 2 is 1.76 bits per heavy atom. The van der Waals surface area contributed by atoms with E-state index in [0.29, 0.717) is 17.4 Å². The summed E-state index contributed by atoms with van der Waals surface area (Å²) in [5.41, 5.74) is 3.41. The van der Waals surface area contributed by atoms with Crippen molar-refractivity contribution in [3.8, 4) is 0 Å². The fraction of sp³-hybridized carbons (Fsp3) is 0.500. The number of benzene rings is 2. The lowest BCUT2D eigenvalue weighted by Crippen LogP contribution is -2.39. The number of hydrogen-bond donors (Lipinski definition) is 0.